The van der Waals surface area contributed by atoms with Gasteiger partial charge in [0.15, 0.2) is 0 Å². The van der Waals surface area contributed by atoms with Crippen LogP contribution < -0.4 is 11.1 Å². The fraction of sp³-hybridized carbons (Fsp3) is 0.611. The van der Waals surface area contributed by atoms with Gasteiger partial charge in [0.25, 0.3) is 0 Å². The number of aryl methyl sites for hydroxylation is 3. The highest BCUT2D eigenvalue weighted by Gasteiger charge is 2.26. The number of amides is 1. The maximum absolute atomic E-state index is 12.4. The minimum Gasteiger partial charge on any atom is -0.329 e. The van der Waals surface area contributed by atoms with Crippen molar-refractivity contribution >= 4 is 11.6 Å². The summed E-state index contributed by atoms with van der Waals surface area (Å²) < 4.78 is 0. The van der Waals surface area contributed by atoms with Crippen LogP contribution in [0.1, 0.15) is 36.5 Å². The molecule has 1 heterocycles. The van der Waals surface area contributed by atoms with Crippen molar-refractivity contribution in [3.8, 4) is 0 Å². The van der Waals surface area contributed by atoms with Gasteiger partial charge in [0.2, 0.25) is 5.91 Å². The number of nitrogens with one attached hydrogen (secondary N) is 1. The number of rotatable bonds is 4. The average Bonchev–Trinajstić information content (AvgIpc) is 2.44. The zero-order valence-electron chi connectivity index (χ0n) is 14.3. The van der Waals surface area contributed by atoms with Gasteiger partial charge in [-0.25, -0.2) is 0 Å². The molecular formula is C18H29N3O. The molecule has 4 heteroatoms. The van der Waals surface area contributed by atoms with Gasteiger partial charge in [0, 0.05) is 18.3 Å². The molecule has 0 bridgehead atoms. The van der Waals surface area contributed by atoms with E-state index in [1.54, 1.807) is 0 Å². The monoisotopic (exact) mass is 303 g/mol. The van der Waals surface area contributed by atoms with Crippen molar-refractivity contribution in [2.24, 2.45) is 11.7 Å². The summed E-state index contributed by atoms with van der Waals surface area (Å²) in [5.41, 5.74) is 10.3. The van der Waals surface area contributed by atoms with Gasteiger partial charge in [-0.3, -0.25) is 9.69 Å². The van der Waals surface area contributed by atoms with Crippen LogP contribution in [0.15, 0.2) is 12.1 Å². The second-order valence-corrected chi connectivity index (χ2v) is 6.81. The minimum atomic E-state index is 0.0584. The quantitative estimate of drug-likeness (QED) is 0.899. The molecule has 3 N–H and O–H groups in total. The van der Waals surface area contributed by atoms with Crippen LogP contribution in [-0.2, 0) is 4.79 Å². The molecule has 1 amide bonds. The molecule has 4 nitrogen and oxygen atoms in total. The van der Waals surface area contributed by atoms with Gasteiger partial charge >= 0.3 is 0 Å². The predicted octanol–water partition coefficient (Wildman–Crippen LogP) is 2.61. The molecule has 1 aromatic rings. The molecule has 1 aromatic carbocycles. The minimum absolute atomic E-state index is 0.0584. The van der Waals surface area contributed by atoms with Crippen LogP contribution >= 0.6 is 0 Å². The lowest BCUT2D eigenvalue weighted by molar-refractivity contribution is -0.118. The first-order valence-corrected chi connectivity index (χ1v) is 8.22. The summed E-state index contributed by atoms with van der Waals surface area (Å²) >= 11 is 0. The van der Waals surface area contributed by atoms with E-state index in [-0.39, 0.29) is 5.91 Å². The van der Waals surface area contributed by atoms with Crippen LogP contribution in [0.4, 0.5) is 5.69 Å². The largest absolute Gasteiger partial charge is 0.329 e. The van der Waals surface area contributed by atoms with Gasteiger partial charge in [0.1, 0.15) is 0 Å². The lowest BCUT2D eigenvalue weighted by Crippen LogP contribution is -2.49. The number of piperidine rings is 1. The Hall–Kier alpha value is -1.39. The Morgan fingerprint density at radius 3 is 2.55 bits per heavy atom. The molecule has 1 aliphatic heterocycles. The molecule has 0 radical (unpaired) electrons. The summed E-state index contributed by atoms with van der Waals surface area (Å²) in [7, 11) is 0. The Morgan fingerprint density at radius 1 is 1.32 bits per heavy atom. The van der Waals surface area contributed by atoms with Crippen LogP contribution in [0.25, 0.3) is 0 Å². The van der Waals surface area contributed by atoms with Crippen LogP contribution in [-0.4, -0.2) is 36.5 Å². The Kier molecular flexibility index (Phi) is 5.59. The van der Waals surface area contributed by atoms with Gasteiger partial charge in [0.05, 0.1) is 6.54 Å². The van der Waals surface area contributed by atoms with Gasteiger partial charge in [-0.15, -0.1) is 0 Å². The Bertz CT molecular complexity index is 518. The number of nitrogens with two attached hydrogens (primary N) is 1. The van der Waals surface area contributed by atoms with Crippen LogP contribution in [0.2, 0.25) is 0 Å². The third kappa shape index (κ3) is 4.08. The van der Waals surface area contributed by atoms with Crippen molar-refractivity contribution in [3.63, 3.8) is 0 Å². The van der Waals surface area contributed by atoms with Crippen molar-refractivity contribution in [2.75, 3.05) is 25.0 Å². The van der Waals surface area contributed by atoms with Crippen LogP contribution in [0.5, 0.6) is 0 Å². The first-order valence-electron chi connectivity index (χ1n) is 8.22. The van der Waals surface area contributed by atoms with Crippen LogP contribution in [0.3, 0.4) is 0 Å². The smallest absolute Gasteiger partial charge is 0.238 e. The number of hydrogen-bond donors (Lipinski definition) is 2. The van der Waals surface area contributed by atoms with E-state index in [4.69, 9.17) is 5.73 Å². The SMILES string of the molecule is Cc1cc(C)c(NC(=O)CN2CCC(C)CC2CN)c(C)c1. The third-order valence-corrected chi connectivity index (χ3v) is 4.66. The highest BCUT2D eigenvalue weighted by molar-refractivity contribution is 5.93. The molecule has 2 atom stereocenters. The molecule has 0 aromatic heterocycles. The Labute approximate surface area is 134 Å². The summed E-state index contributed by atoms with van der Waals surface area (Å²) in [4.78, 5) is 14.6. The first kappa shape index (κ1) is 17.0. The van der Waals surface area contributed by atoms with Crippen molar-refractivity contribution in [1.82, 2.24) is 4.90 Å². The number of carbonyl (C=O) groups is 1. The maximum atomic E-state index is 12.4. The number of benzene rings is 1. The van der Waals surface area contributed by atoms with Gasteiger partial charge in [-0.05, 0) is 57.2 Å². The predicted molar refractivity (Wildman–Crippen MR) is 92.1 cm³/mol. The Balaban J connectivity index is 2.01. The molecule has 0 saturated carbocycles. The van der Waals surface area contributed by atoms with Gasteiger partial charge in [-0.2, -0.15) is 0 Å². The summed E-state index contributed by atoms with van der Waals surface area (Å²) in [6.45, 7) is 10.4. The second-order valence-electron chi connectivity index (χ2n) is 6.81. The maximum Gasteiger partial charge on any atom is 0.238 e. The number of carbonyl (C=O) groups excluding carboxylic acids is 1. The normalized spacial score (nSPS) is 22.6. The molecule has 2 rings (SSSR count). The van der Waals surface area contributed by atoms with E-state index in [2.05, 4.69) is 36.2 Å². The van der Waals surface area contributed by atoms with Gasteiger partial charge < -0.3 is 11.1 Å². The molecule has 1 aliphatic rings. The molecule has 0 aliphatic carbocycles. The van der Waals surface area contributed by atoms with E-state index >= 15 is 0 Å². The highest BCUT2D eigenvalue weighted by Crippen LogP contribution is 2.24. The topological polar surface area (TPSA) is 58.4 Å². The van der Waals surface area contributed by atoms with Gasteiger partial charge in [-0.1, -0.05) is 24.6 Å². The number of nitrogens with zero attached hydrogens (tertiary/aromatic N) is 1. The standard InChI is InChI=1S/C18H29N3O/c1-12-5-6-21(16(9-12)10-19)11-17(22)20-18-14(3)7-13(2)8-15(18)4/h7-8,12,16H,5-6,9-11,19H2,1-4H3,(H,20,22). The molecule has 22 heavy (non-hydrogen) atoms. The van der Waals surface area contributed by atoms with E-state index in [9.17, 15) is 4.79 Å². The highest BCUT2D eigenvalue weighted by atomic mass is 16.2. The molecule has 122 valence electrons. The molecule has 2 unspecified atom stereocenters. The third-order valence-electron chi connectivity index (χ3n) is 4.66. The second kappa shape index (κ2) is 7.25. The summed E-state index contributed by atoms with van der Waals surface area (Å²) in [5.74, 6) is 0.762. The van der Waals surface area contributed by atoms with Crippen molar-refractivity contribution in [3.05, 3.63) is 28.8 Å². The van der Waals surface area contributed by atoms with E-state index in [0.717, 1.165) is 36.2 Å². The van der Waals surface area contributed by atoms with E-state index in [0.29, 0.717) is 25.0 Å². The number of likely N-dealkylation sites (tertiary alicyclic amines) is 1. The summed E-state index contributed by atoms with van der Waals surface area (Å²) in [6, 6.07) is 4.54. The van der Waals surface area contributed by atoms with E-state index in [1.165, 1.54) is 5.56 Å². The van der Waals surface area contributed by atoms with Crippen LogP contribution in [0, 0.1) is 26.7 Å². The lowest BCUT2D eigenvalue weighted by Gasteiger charge is -2.37. The molecule has 1 fully saturated rings. The van der Waals surface area contributed by atoms with Crippen molar-refractivity contribution in [1.29, 1.82) is 0 Å². The lowest BCUT2D eigenvalue weighted by atomic mass is 9.92. The first-order chi connectivity index (χ1) is 10.4. The number of anilines is 1. The summed E-state index contributed by atoms with van der Waals surface area (Å²) in [5, 5.41) is 3.09. The fourth-order valence-corrected chi connectivity index (χ4v) is 3.49. The fourth-order valence-electron chi connectivity index (χ4n) is 3.49. The van der Waals surface area contributed by atoms with Crippen molar-refractivity contribution < 1.29 is 4.79 Å². The molecule has 0 spiro atoms. The zero-order valence-corrected chi connectivity index (χ0v) is 14.3. The zero-order chi connectivity index (χ0) is 16.3. The number of hydrogen-bond acceptors (Lipinski definition) is 3. The summed E-state index contributed by atoms with van der Waals surface area (Å²) in [6.07, 6.45) is 2.23. The average molecular weight is 303 g/mol. The Morgan fingerprint density at radius 2 is 1.95 bits per heavy atom. The molecule has 1 saturated heterocycles. The molecular weight excluding hydrogens is 274 g/mol. The van der Waals surface area contributed by atoms with E-state index in [1.807, 2.05) is 13.8 Å². The van der Waals surface area contributed by atoms with Crippen molar-refractivity contribution in [2.45, 2.75) is 46.6 Å². The van der Waals surface area contributed by atoms with E-state index < -0.39 is 0 Å².